The molecule has 0 radical (unpaired) electrons. The van der Waals surface area contributed by atoms with Gasteiger partial charge in [0, 0.05) is 23.9 Å². The van der Waals surface area contributed by atoms with Crippen LogP contribution in [0.15, 0.2) is 66.9 Å². The third-order valence-corrected chi connectivity index (χ3v) is 3.47. The molecule has 2 aromatic carbocycles. The normalized spacial score (nSPS) is 10.2. The molecule has 0 saturated carbocycles. The number of nitrogens with zero attached hydrogens (tertiary/aromatic N) is 2. The lowest BCUT2D eigenvalue weighted by atomic mass is 10.1. The summed E-state index contributed by atoms with van der Waals surface area (Å²) in [5.74, 6) is 1.21. The maximum absolute atomic E-state index is 11.4. The summed E-state index contributed by atoms with van der Waals surface area (Å²) in [5.41, 5.74) is -0.0188. The average molecular weight is 350 g/mol. The van der Waals surface area contributed by atoms with Gasteiger partial charge in [-0.3, -0.25) is 14.9 Å². The van der Waals surface area contributed by atoms with Crippen molar-refractivity contribution in [2.45, 2.75) is 6.92 Å². The van der Waals surface area contributed by atoms with Crippen molar-refractivity contribution in [2.24, 2.45) is 0 Å². The van der Waals surface area contributed by atoms with E-state index in [1.54, 1.807) is 42.6 Å². The van der Waals surface area contributed by atoms with Gasteiger partial charge in [0.25, 0.3) is 0 Å². The van der Waals surface area contributed by atoms with Crippen molar-refractivity contribution in [3.8, 4) is 23.1 Å². The van der Waals surface area contributed by atoms with Crippen molar-refractivity contribution in [1.29, 1.82) is 0 Å². The summed E-state index contributed by atoms with van der Waals surface area (Å²) < 4.78 is 11.2. The molecule has 0 atom stereocenters. The van der Waals surface area contributed by atoms with Gasteiger partial charge in [-0.2, -0.15) is 0 Å². The van der Waals surface area contributed by atoms with Crippen LogP contribution >= 0.6 is 0 Å². The molecule has 0 aliphatic rings. The molecule has 0 unspecified atom stereocenters. The fourth-order valence-corrected chi connectivity index (χ4v) is 2.20. The van der Waals surface area contributed by atoms with Crippen LogP contribution < -0.4 is 9.47 Å². The van der Waals surface area contributed by atoms with Crippen LogP contribution in [-0.4, -0.2) is 15.7 Å². The highest BCUT2D eigenvalue weighted by Gasteiger charge is 2.18. The molecule has 0 bridgehead atoms. The number of ketones is 1. The lowest BCUT2D eigenvalue weighted by Crippen LogP contribution is -1.98. The number of nitro benzene ring substituents is 1. The number of rotatable bonds is 6. The van der Waals surface area contributed by atoms with Gasteiger partial charge in [0.15, 0.2) is 5.78 Å². The summed E-state index contributed by atoms with van der Waals surface area (Å²) in [7, 11) is 0. The van der Waals surface area contributed by atoms with Crippen molar-refractivity contribution in [2.75, 3.05) is 0 Å². The Morgan fingerprint density at radius 3 is 2.27 bits per heavy atom. The van der Waals surface area contributed by atoms with Gasteiger partial charge in [-0.1, -0.05) is 6.07 Å². The van der Waals surface area contributed by atoms with Gasteiger partial charge in [-0.25, -0.2) is 4.98 Å². The molecule has 130 valence electrons. The Morgan fingerprint density at radius 1 is 1.00 bits per heavy atom. The Balaban J connectivity index is 1.79. The number of hydrogen-bond acceptors (Lipinski definition) is 6. The predicted molar refractivity (Wildman–Crippen MR) is 93.9 cm³/mol. The Morgan fingerprint density at radius 2 is 1.69 bits per heavy atom. The average Bonchev–Trinajstić information content (AvgIpc) is 2.64. The molecule has 0 spiro atoms. The standard InChI is InChI=1S/C19H14N2O5/c1-13(22)14-5-10-18(17(12-14)21(23)24)25-15-6-8-16(9-7-15)26-19-4-2-3-11-20-19/h2-12H,1H3. The number of nitro groups is 1. The number of Topliss-reactive ketones (excluding diaryl/α,β-unsaturated/α-hetero) is 1. The fourth-order valence-electron chi connectivity index (χ4n) is 2.20. The van der Waals surface area contributed by atoms with Gasteiger partial charge in [0.05, 0.1) is 4.92 Å². The molecule has 0 aliphatic carbocycles. The van der Waals surface area contributed by atoms with E-state index in [0.717, 1.165) is 0 Å². The molecule has 0 saturated heterocycles. The summed E-state index contributed by atoms with van der Waals surface area (Å²) in [4.78, 5) is 26.1. The lowest BCUT2D eigenvalue weighted by molar-refractivity contribution is -0.385. The number of carbonyl (C=O) groups is 1. The molecule has 0 fully saturated rings. The van der Waals surface area contributed by atoms with Crippen molar-refractivity contribution in [1.82, 2.24) is 4.98 Å². The lowest BCUT2D eigenvalue weighted by Gasteiger charge is -2.08. The minimum atomic E-state index is -0.583. The summed E-state index contributed by atoms with van der Waals surface area (Å²) in [6, 6.07) is 16.0. The second-order valence-electron chi connectivity index (χ2n) is 5.34. The topological polar surface area (TPSA) is 91.6 Å². The maximum atomic E-state index is 11.4. The second-order valence-corrected chi connectivity index (χ2v) is 5.34. The zero-order chi connectivity index (χ0) is 18.5. The largest absolute Gasteiger partial charge is 0.450 e. The second kappa shape index (κ2) is 7.43. The number of aromatic nitrogens is 1. The SMILES string of the molecule is CC(=O)c1ccc(Oc2ccc(Oc3ccccn3)cc2)c([N+](=O)[O-])c1. The number of carbonyl (C=O) groups excluding carboxylic acids is 1. The fraction of sp³-hybridized carbons (Fsp3) is 0.0526. The van der Waals surface area contributed by atoms with E-state index in [9.17, 15) is 14.9 Å². The minimum Gasteiger partial charge on any atom is -0.450 e. The quantitative estimate of drug-likeness (QED) is 0.361. The molecular weight excluding hydrogens is 336 g/mol. The van der Waals surface area contributed by atoms with Crippen LogP contribution in [0.5, 0.6) is 23.1 Å². The van der Waals surface area contributed by atoms with Crippen LogP contribution in [0.2, 0.25) is 0 Å². The third kappa shape index (κ3) is 4.02. The molecular formula is C19H14N2O5. The molecule has 1 aromatic heterocycles. The monoisotopic (exact) mass is 350 g/mol. The van der Waals surface area contributed by atoms with Crippen LogP contribution in [0.4, 0.5) is 5.69 Å². The summed E-state index contributed by atoms with van der Waals surface area (Å²) in [6.07, 6.45) is 1.62. The summed E-state index contributed by atoms with van der Waals surface area (Å²) in [5, 5.41) is 11.2. The number of hydrogen-bond donors (Lipinski definition) is 0. The smallest absolute Gasteiger partial charge is 0.312 e. The molecule has 1 heterocycles. The van der Waals surface area contributed by atoms with Gasteiger partial charge in [-0.05, 0) is 49.4 Å². The zero-order valence-corrected chi connectivity index (χ0v) is 13.8. The highest BCUT2D eigenvalue weighted by Crippen LogP contribution is 2.33. The first kappa shape index (κ1) is 17.1. The summed E-state index contributed by atoms with van der Waals surface area (Å²) >= 11 is 0. The minimum absolute atomic E-state index is 0.0541. The number of ether oxygens (including phenoxy) is 2. The highest BCUT2D eigenvalue weighted by atomic mass is 16.6. The third-order valence-electron chi connectivity index (χ3n) is 3.47. The molecule has 7 heteroatoms. The van der Waals surface area contributed by atoms with E-state index in [1.165, 1.54) is 25.1 Å². The molecule has 0 amide bonds. The number of pyridine rings is 1. The molecule has 0 aliphatic heterocycles. The van der Waals surface area contributed by atoms with Gasteiger partial charge in [0.1, 0.15) is 11.5 Å². The predicted octanol–water partition coefficient (Wildman–Crippen LogP) is 4.78. The first-order valence-corrected chi connectivity index (χ1v) is 7.69. The van der Waals surface area contributed by atoms with E-state index in [1.807, 2.05) is 6.07 Å². The first-order chi connectivity index (χ1) is 12.5. The van der Waals surface area contributed by atoms with Crippen LogP contribution in [0.1, 0.15) is 17.3 Å². The van der Waals surface area contributed by atoms with E-state index in [0.29, 0.717) is 17.4 Å². The van der Waals surface area contributed by atoms with Crippen LogP contribution in [0.25, 0.3) is 0 Å². The van der Waals surface area contributed by atoms with Crippen molar-refractivity contribution in [3.05, 3.63) is 82.5 Å². The van der Waals surface area contributed by atoms with E-state index < -0.39 is 4.92 Å². The maximum Gasteiger partial charge on any atom is 0.312 e. The van der Waals surface area contributed by atoms with Gasteiger partial charge < -0.3 is 9.47 Å². The Kier molecular flexibility index (Phi) is 4.89. The molecule has 26 heavy (non-hydrogen) atoms. The van der Waals surface area contributed by atoms with E-state index in [4.69, 9.17) is 9.47 Å². The van der Waals surface area contributed by atoms with Crippen molar-refractivity contribution >= 4 is 11.5 Å². The van der Waals surface area contributed by atoms with Gasteiger partial charge >= 0.3 is 5.69 Å². The summed E-state index contributed by atoms with van der Waals surface area (Å²) in [6.45, 7) is 1.35. The number of benzene rings is 2. The van der Waals surface area contributed by atoms with E-state index in [-0.39, 0.29) is 22.8 Å². The van der Waals surface area contributed by atoms with Gasteiger partial charge in [0.2, 0.25) is 11.6 Å². The molecule has 0 N–H and O–H groups in total. The molecule has 3 aromatic rings. The Hall–Kier alpha value is -3.74. The van der Waals surface area contributed by atoms with Gasteiger partial charge in [-0.15, -0.1) is 0 Å². The van der Waals surface area contributed by atoms with Crippen LogP contribution in [0.3, 0.4) is 0 Å². The highest BCUT2D eigenvalue weighted by molar-refractivity contribution is 5.95. The van der Waals surface area contributed by atoms with Crippen LogP contribution in [0, 0.1) is 10.1 Å². The van der Waals surface area contributed by atoms with Crippen molar-refractivity contribution in [3.63, 3.8) is 0 Å². The van der Waals surface area contributed by atoms with E-state index >= 15 is 0 Å². The molecule has 7 nitrogen and oxygen atoms in total. The van der Waals surface area contributed by atoms with Crippen molar-refractivity contribution < 1.29 is 19.2 Å². The van der Waals surface area contributed by atoms with E-state index in [2.05, 4.69) is 4.98 Å². The molecule has 3 rings (SSSR count). The Bertz CT molecular complexity index is 940. The Labute approximate surface area is 149 Å². The van der Waals surface area contributed by atoms with Crippen LogP contribution in [-0.2, 0) is 0 Å². The zero-order valence-electron chi connectivity index (χ0n) is 13.8. The first-order valence-electron chi connectivity index (χ1n) is 7.69.